The average Bonchev–Trinajstić information content (AvgIpc) is 2.59. The molecule has 0 spiro atoms. The smallest absolute Gasteiger partial charge is 0.210 e. The van der Waals surface area contributed by atoms with Crippen LogP contribution in [-0.4, -0.2) is 17.0 Å². The molecule has 0 aliphatic heterocycles. The maximum atomic E-state index is 5.40. The molecule has 0 aromatic carbocycles. The number of oxazole rings is 1. The van der Waals surface area contributed by atoms with Gasteiger partial charge in [0.05, 0.1) is 12.2 Å². The Morgan fingerprint density at radius 2 is 2.46 bits per heavy atom. The number of rotatable bonds is 2. The van der Waals surface area contributed by atoms with E-state index in [4.69, 9.17) is 10.2 Å². The summed E-state index contributed by atoms with van der Waals surface area (Å²) in [6.45, 7) is 0.291. The van der Waals surface area contributed by atoms with Crippen LogP contribution in [0.2, 0.25) is 0 Å². The molecule has 0 fully saturated rings. The lowest BCUT2D eigenvalue weighted by Crippen LogP contribution is -1.95. The number of nitrogens with zero attached hydrogens (tertiary/aromatic N) is 2. The number of nitrogens with one attached hydrogen (secondary N) is 1. The summed E-state index contributed by atoms with van der Waals surface area (Å²) in [5.41, 5.74) is 7.52. The lowest BCUT2D eigenvalue weighted by molar-refractivity contribution is 0.534. The van der Waals surface area contributed by atoms with E-state index in [0.29, 0.717) is 23.7 Å². The highest BCUT2D eigenvalue weighted by atomic mass is 16.3. The Kier molecular flexibility index (Phi) is 1.86. The van der Waals surface area contributed by atoms with E-state index in [1.807, 2.05) is 13.1 Å². The van der Waals surface area contributed by atoms with Gasteiger partial charge in [0.2, 0.25) is 11.5 Å². The second-order valence-electron chi connectivity index (χ2n) is 2.57. The van der Waals surface area contributed by atoms with Crippen molar-refractivity contribution in [2.45, 2.75) is 6.54 Å². The van der Waals surface area contributed by atoms with Crippen LogP contribution in [0.3, 0.4) is 0 Å². The summed E-state index contributed by atoms with van der Waals surface area (Å²) in [5, 5.41) is 2.99. The SMILES string of the molecule is CNc1ccnc2nc(CN)oc12. The average molecular weight is 178 g/mol. The van der Waals surface area contributed by atoms with Crippen LogP contribution in [0.1, 0.15) is 5.89 Å². The molecule has 0 atom stereocenters. The molecule has 68 valence electrons. The molecular formula is C8H10N4O. The van der Waals surface area contributed by atoms with Crippen LogP contribution in [0.25, 0.3) is 11.2 Å². The van der Waals surface area contributed by atoms with Crippen molar-refractivity contribution in [1.82, 2.24) is 9.97 Å². The second kappa shape index (κ2) is 3.02. The molecule has 13 heavy (non-hydrogen) atoms. The number of hydrogen-bond acceptors (Lipinski definition) is 5. The van der Waals surface area contributed by atoms with Crippen LogP contribution in [0.5, 0.6) is 0 Å². The molecular weight excluding hydrogens is 168 g/mol. The van der Waals surface area contributed by atoms with Gasteiger partial charge in [0.15, 0.2) is 5.58 Å². The molecule has 2 rings (SSSR count). The van der Waals surface area contributed by atoms with E-state index in [0.717, 1.165) is 5.69 Å². The van der Waals surface area contributed by atoms with Gasteiger partial charge in [0, 0.05) is 13.2 Å². The highest BCUT2D eigenvalue weighted by Gasteiger charge is 2.08. The van der Waals surface area contributed by atoms with Crippen LogP contribution in [0.15, 0.2) is 16.7 Å². The minimum atomic E-state index is 0.291. The normalized spacial score (nSPS) is 10.6. The summed E-state index contributed by atoms with van der Waals surface area (Å²) in [5.74, 6) is 0.505. The van der Waals surface area contributed by atoms with Crippen LogP contribution in [-0.2, 0) is 6.54 Å². The Labute approximate surface area is 75.0 Å². The minimum Gasteiger partial charge on any atom is -0.435 e. The molecule has 0 unspecified atom stereocenters. The zero-order chi connectivity index (χ0) is 9.26. The van der Waals surface area contributed by atoms with E-state index in [-0.39, 0.29) is 0 Å². The van der Waals surface area contributed by atoms with Gasteiger partial charge < -0.3 is 15.5 Å². The van der Waals surface area contributed by atoms with Crippen molar-refractivity contribution in [3.8, 4) is 0 Å². The van der Waals surface area contributed by atoms with Gasteiger partial charge in [-0.25, -0.2) is 4.98 Å². The second-order valence-corrected chi connectivity index (χ2v) is 2.57. The molecule has 5 heteroatoms. The topological polar surface area (TPSA) is 77.0 Å². The molecule has 0 radical (unpaired) electrons. The third kappa shape index (κ3) is 1.23. The fraction of sp³-hybridized carbons (Fsp3) is 0.250. The van der Waals surface area contributed by atoms with E-state index >= 15 is 0 Å². The van der Waals surface area contributed by atoms with Crippen molar-refractivity contribution >= 4 is 16.9 Å². The molecule has 3 N–H and O–H groups in total. The molecule has 2 heterocycles. The van der Waals surface area contributed by atoms with Crippen LogP contribution < -0.4 is 11.1 Å². The third-order valence-electron chi connectivity index (χ3n) is 1.78. The fourth-order valence-electron chi connectivity index (χ4n) is 1.16. The lowest BCUT2D eigenvalue weighted by Gasteiger charge is -1.96. The van der Waals surface area contributed by atoms with Gasteiger partial charge >= 0.3 is 0 Å². The van der Waals surface area contributed by atoms with Crippen molar-refractivity contribution in [3.05, 3.63) is 18.2 Å². The van der Waals surface area contributed by atoms with Gasteiger partial charge in [0.1, 0.15) is 0 Å². The van der Waals surface area contributed by atoms with Crippen LogP contribution >= 0.6 is 0 Å². The maximum absolute atomic E-state index is 5.40. The van der Waals surface area contributed by atoms with E-state index in [2.05, 4.69) is 15.3 Å². The Bertz CT molecular complexity index is 423. The largest absolute Gasteiger partial charge is 0.435 e. The summed E-state index contributed by atoms with van der Waals surface area (Å²) >= 11 is 0. The van der Waals surface area contributed by atoms with Crippen molar-refractivity contribution < 1.29 is 4.42 Å². The van der Waals surface area contributed by atoms with Gasteiger partial charge in [0.25, 0.3) is 0 Å². The zero-order valence-electron chi connectivity index (χ0n) is 7.24. The van der Waals surface area contributed by atoms with Gasteiger partial charge in [-0.15, -0.1) is 0 Å². The summed E-state index contributed by atoms with van der Waals surface area (Å²) in [7, 11) is 1.82. The molecule has 2 aromatic heterocycles. The predicted molar refractivity (Wildman–Crippen MR) is 49.2 cm³/mol. The summed E-state index contributed by atoms with van der Waals surface area (Å²) in [4.78, 5) is 8.16. The quantitative estimate of drug-likeness (QED) is 0.708. The molecule has 5 nitrogen and oxygen atoms in total. The van der Waals surface area contributed by atoms with Gasteiger partial charge in [-0.05, 0) is 6.07 Å². The standard InChI is InChI=1S/C8H10N4O/c1-10-5-2-3-11-8-7(5)13-6(4-9)12-8/h2-3H,4,9H2,1H3,(H,10,11). The summed E-state index contributed by atoms with van der Waals surface area (Å²) in [6, 6.07) is 1.83. The number of aromatic nitrogens is 2. The van der Waals surface area contributed by atoms with E-state index < -0.39 is 0 Å². The van der Waals surface area contributed by atoms with E-state index in [9.17, 15) is 0 Å². The van der Waals surface area contributed by atoms with Gasteiger partial charge in [-0.2, -0.15) is 4.98 Å². The first-order chi connectivity index (χ1) is 6.35. The number of pyridine rings is 1. The summed E-state index contributed by atoms with van der Waals surface area (Å²) < 4.78 is 5.38. The summed E-state index contributed by atoms with van der Waals surface area (Å²) in [6.07, 6.45) is 1.68. The number of anilines is 1. The number of hydrogen-bond donors (Lipinski definition) is 2. The highest BCUT2D eigenvalue weighted by Crippen LogP contribution is 2.21. The molecule has 0 bridgehead atoms. The van der Waals surface area contributed by atoms with E-state index in [1.54, 1.807) is 6.20 Å². The van der Waals surface area contributed by atoms with Crippen LogP contribution in [0, 0.1) is 0 Å². The highest BCUT2D eigenvalue weighted by molar-refractivity contribution is 5.82. The van der Waals surface area contributed by atoms with Gasteiger partial charge in [-0.3, -0.25) is 0 Å². The maximum Gasteiger partial charge on any atom is 0.210 e. The third-order valence-corrected chi connectivity index (χ3v) is 1.78. The minimum absolute atomic E-state index is 0.291. The first-order valence-electron chi connectivity index (χ1n) is 3.97. The first-order valence-corrected chi connectivity index (χ1v) is 3.97. The van der Waals surface area contributed by atoms with Crippen molar-refractivity contribution in [2.24, 2.45) is 5.73 Å². The molecule has 0 aliphatic carbocycles. The lowest BCUT2D eigenvalue weighted by atomic mass is 10.4. The molecule has 0 amide bonds. The monoisotopic (exact) mass is 178 g/mol. The van der Waals surface area contributed by atoms with Crippen molar-refractivity contribution in [1.29, 1.82) is 0 Å². The predicted octanol–water partition coefficient (Wildman–Crippen LogP) is 0.723. The Balaban J connectivity index is 2.67. The van der Waals surface area contributed by atoms with Crippen LogP contribution in [0.4, 0.5) is 5.69 Å². The molecule has 2 aromatic rings. The Morgan fingerprint density at radius 3 is 3.15 bits per heavy atom. The number of nitrogens with two attached hydrogens (primary N) is 1. The number of fused-ring (bicyclic) bond motifs is 1. The molecule has 0 saturated carbocycles. The first kappa shape index (κ1) is 8.00. The van der Waals surface area contributed by atoms with Gasteiger partial charge in [-0.1, -0.05) is 0 Å². The Morgan fingerprint density at radius 1 is 1.62 bits per heavy atom. The zero-order valence-corrected chi connectivity index (χ0v) is 7.24. The van der Waals surface area contributed by atoms with Crippen molar-refractivity contribution in [2.75, 3.05) is 12.4 Å². The Hall–Kier alpha value is -1.62. The van der Waals surface area contributed by atoms with Crippen molar-refractivity contribution in [3.63, 3.8) is 0 Å². The van der Waals surface area contributed by atoms with E-state index in [1.165, 1.54) is 0 Å². The fourth-order valence-corrected chi connectivity index (χ4v) is 1.16. The molecule has 0 aliphatic rings. The molecule has 0 saturated heterocycles.